The number of ether oxygens (including phenoxy) is 1. The van der Waals surface area contributed by atoms with Crippen LogP contribution in [0.5, 0.6) is 5.75 Å². The van der Waals surface area contributed by atoms with Gasteiger partial charge in [0.1, 0.15) is 5.69 Å². The number of benzene rings is 1. The third-order valence-electron chi connectivity index (χ3n) is 6.03. The third-order valence-corrected chi connectivity index (χ3v) is 6.03. The van der Waals surface area contributed by atoms with Gasteiger partial charge in [0.2, 0.25) is 0 Å². The minimum atomic E-state index is -0.865. The predicted octanol–water partition coefficient (Wildman–Crippen LogP) is 1.06. The molecule has 0 radical (unpaired) electrons. The molecule has 0 bridgehead atoms. The van der Waals surface area contributed by atoms with Gasteiger partial charge in [-0.25, -0.2) is 9.37 Å². The maximum absolute atomic E-state index is 13.8. The van der Waals surface area contributed by atoms with Crippen molar-refractivity contribution in [2.24, 2.45) is 5.41 Å². The van der Waals surface area contributed by atoms with Gasteiger partial charge in [-0.3, -0.25) is 14.4 Å². The van der Waals surface area contributed by atoms with Gasteiger partial charge >= 0.3 is 0 Å². The Morgan fingerprint density at radius 1 is 1.32 bits per heavy atom. The number of H-pyrrole nitrogens is 1. The number of halogens is 1. The molecule has 164 valence electrons. The SMILES string of the molecule is O=C(NCC1CC2(CCOCC2)CN1C(=O)c1ccc(O)c(F)c1)c1cc(=O)[nH]cn1. The molecule has 0 aliphatic carbocycles. The Labute approximate surface area is 177 Å². The summed E-state index contributed by atoms with van der Waals surface area (Å²) in [4.78, 5) is 44.9. The lowest BCUT2D eigenvalue weighted by molar-refractivity contribution is 0.0190. The number of aromatic amines is 1. The number of nitrogens with one attached hydrogen (secondary N) is 2. The highest BCUT2D eigenvalue weighted by Gasteiger charge is 2.46. The number of hydrogen-bond donors (Lipinski definition) is 3. The monoisotopic (exact) mass is 430 g/mol. The summed E-state index contributed by atoms with van der Waals surface area (Å²) in [5, 5.41) is 12.2. The number of nitrogens with zero attached hydrogens (tertiary/aromatic N) is 2. The molecule has 1 atom stereocenters. The Kier molecular flexibility index (Phi) is 5.73. The summed E-state index contributed by atoms with van der Waals surface area (Å²) in [7, 11) is 0. The van der Waals surface area contributed by atoms with Crippen LogP contribution in [0.3, 0.4) is 0 Å². The molecule has 31 heavy (non-hydrogen) atoms. The van der Waals surface area contributed by atoms with Crippen molar-refractivity contribution in [1.29, 1.82) is 0 Å². The van der Waals surface area contributed by atoms with Crippen LogP contribution in [0.2, 0.25) is 0 Å². The first-order valence-electron chi connectivity index (χ1n) is 10.1. The van der Waals surface area contributed by atoms with E-state index in [9.17, 15) is 23.9 Å². The van der Waals surface area contributed by atoms with Crippen molar-refractivity contribution in [1.82, 2.24) is 20.2 Å². The molecule has 1 aromatic heterocycles. The zero-order valence-electron chi connectivity index (χ0n) is 16.8. The Hall–Kier alpha value is -3.27. The van der Waals surface area contributed by atoms with Gasteiger partial charge in [-0.05, 0) is 42.9 Å². The van der Waals surface area contributed by atoms with Crippen LogP contribution in [-0.2, 0) is 4.74 Å². The van der Waals surface area contributed by atoms with Crippen molar-refractivity contribution >= 4 is 11.8 Å². The van der Waals surface area contributed by atoms with Crippen LogP contribution in [-0.4, -0.2) is 64.1 Å². The summed E-state index contributed by atoms with van der Waals surface area (Å²) in [5.74, 6) is -2.26. The highest BCUT2D eigenvalue weighted by atomic mass is 19.1. The summed E-state index contributed by atoms with van der Waals surface area (Å²) in [6.07, 6.45) is 3.41. The summed E-state index contributed by atoms with van der Waals surface area (Å²) < 4.78 is 19.3. The van der Waals surface area contributed by atoms with Crippen LogP contribution in [0.4, 0.5) is 4.39 Å². The Bertz CT molecular complexity index is 1050. The van der Waals surface area contributed by atoms with Crippen LogP contribution < -0.4 is 10.9 Å². The first-order valence-corrected chi connectivity index (χ1v) is 10.1. The van der Waals surface area contributed by atoms with E-state index in [2.05, 4.69) is 15.3 Å². The molecule has 10 heteroatoms. The highest BCUT2D eigenvalue weighted by molar-refractivity contribution is 5.95. The van der Waals surface area contributed by atoms with Crippen LogP contribution in [0.25, 0.3) is 0 Å². The molecule has 2 saturated heterocycles. The molecule has 9 nitrogen and oxygen atoms in total. The minimum Gasteiger partial charge on any atom is -0.505 e. The van der Waals surface area contributed by atoms with Gasteiger partial charge in [0.15, 0.2) is 11.6 Å². The van der Waals surface area contributed by atoms with E-state index >= 15 is 0 Å². The molecule has 2 aliphatic heterocycles. The number of aromatic nitrogens is 2. The van der Waals surface area contributed by atoms with E-state index in [1.54, 1.807) is 4.90 Å². The van der Waals surface area contributed by atoms with Crippen molar-refractivity contribution in [3.63, 3.8) is 0 Å². The van der Waals surface area contributed by atoms with Crippen molar-refractivity contribution in [3.8, 4) is 5.75 Å². The molecule has 2 amide bonds. The molecule has 1 unspecified atom stereocenters. The fraction of sp³-hybridized carbons (Fsp3) is 0.429. The van der Waals surface area contributed by atoms with Gasteiger partial charge in [0, 0.05) is 44.0 Å². The predicted molar refractivity (Wildman–Crippen MR) is 107 cm³/mol. The summed E-state index contributed by atoms with van der Waals surface area (Å²) in [6.45, 7) is 1.85. The largest absolute Gasteiger partial charge is 0.505 e. The first kappa shape index (κ1) is 21.0. The van der Waals surface area contributed by atoms with Crippen LogP contribution in [0.1, 0.15) is 40.1 Å². The Morgan fingerprint density at radius 2 is 2.10 bits per heavy atom. The lowest BCUT2D eigenvalue weighted by Crippen LogP contribution is -2.43. The standard InChI is InChI=1S/C21H23FN4O5/c22-15-7-13(1-2-17(15)27)20(30)26-11-21(3-5-31-6-4-21)9-14(26)10-23-19(29)16-8-18(28)25-12-24-16/h1-2,7-8,12,14,27H,3-6,9-11H2,(H,23,29)(H,24,25,28). The van der Waals surface area contributed by atoms with Crippen LogP contribution in [0.15, 0.2) is 35.4 Å². The van der Waals surface area contributed by atoms with Gasteiger partial charge in [0.05, 0.1) is 6.33 Å². The van der Waals surface area contributed by atoms with Crippen molar-refractivity contribution < 1.29 is 23.8 Å². The second-order valence-electron chi connectivity index (χ2n) is 8.08. The van der Waals surface area contributed by atoms with E-state index in [-0.39, 0.29) is 35.2 Å². The molecular formula is C21H23FN4O5. The maximum Gasteiger partial charge on any atom is 0.270 e. The number of carbonyl (C=O) groups excluding carboxylic acids is 2. The molecule has 1 spiro atoms. The number of hydrogen-bond acceptors (Lipinski definition) is 6. The molecule has 0 saturated carbocycles. The van der Waals surface area contributed by atoms with E-state index in [4.69, 9.17) is 4.74 Å². The van der Waals surface area contributed by atoms with E-state index < -0.39 is 23.0 Å². The number of aromatic hydroxyl groups is 1. The normalized spacial score (nSPS) is 20.0. The number of phenols is 1. The third kappa shape index (κ3) is 4.43. The fourth-order valence-electron chi connectivity index (χ4n) is 4.35. The summed E-state index contributed by atoms with van der Waals surface area (Å²) in [6, 6.07) is 4.34. The van der Waals surface area contributed by atoms with Gasteiger partial charge in [-0.2, -0.15) is 0 Å². The van der Waals surface area contributed by atoms with Crippen molar-refractivity contribution in [2.45, 2.75) is 25.3 Å². The van der Waals surface area contributed by atoms with E-state index in [0.717, 1.165) is 37.4 Å². The van der Waals surface area contributed by atoms with Gasteiger partial charge in [0.25, 0.3) is 17.4 Å². The van der Waals surface area contributed by atoms with Crippen molar-refractivity contribution in [2.75, 3.05) is 26.3 Å². The summed E-state index contributed by atoms with van der Waals surface area (Å²) >= 11 is 0. The molecule has 1 aromatic carbocycles. The van der Waals surface area contributed by atoms with Gasteiger partial charge < -0.3 is 25.0 Å². The zero-order valence-corrected chi connectivity index (χ0v) is 16.8. The number of rotatable bonds is 4. The molecular weight excluding hydrogens is 407 g/mol. The number of carbonyl (C=O) groups is 2. The quantitative estimate of drug-likeness (QED) is 0.666. The molecule has 4 rings (SSSR count). The summed E-state index contributed by atoms with van der Waals surface area (Å²) in [5.41, 5.74) is -0.442. The zero-order chi connectivity index (χ0) is 22.0. The second kappa shape index (κ2) is 8.46. The average Bonchev–Trinajstić information content (AvgIpc) is 3.11. The average molecular weight is 430 g/mol. The minimum absolute atomic E-state index is 0.0130. The number of likely N-dealkylation sites (tertiary alicyclic amines) is 1. The molecule has 2 aromatic rings. The number of amides is 2. The fourth-order valence-corrected chi connectivity index (χ4v) is 4.35. The molecule has 3 N–H and O–H groups in total. The maximum atomic E-state index is 13.8. The Balaban J connectivity index is 1.53. The lowest BCUT2D eigenvalue weighted by atomic mass is 9.78. The van der Waals surface area contributed by atoms with Crippen LogP contribution in [0, 0.1) is 11.2 Å². The molecule has 2 fully saturated rings. The van der Waals surface area contributed by atoms with Gasteiger partial charge in [-0.15, -0.1) is 0 Å². The molecule has 3 heterocycles. The Morgan fingerprint density at radius 3 is 2.81 bits per heavy atom. The topological polar surface area (TPSA) is 125 Å². The van der Waals surface area contributed by atoms with Gasteiger partial charge in [-0.1, -0.05) is 0 Å². The first-order chi connectivity index (χ1) is 14.9. The highest BCUT2D eigenvalue weighted by Crippen LogP contribution is 2.43. The van der Waals surface area contributed by atoms with Crippen LogP contribution >= 0.6 is 0 Å². The number of phenolic OH excluding ortho intramolecular Hbond substituents is 1. The molecule has 2 aliphatic rings. The van der Waals surface area contributed by atoms with Crippen molar-refractivity contribution in [3.05, 3.63) is 58.0 Å². The van der Waals surface area contributed by atoms with E-state index in [1.165, 1.54) is 6.07 Å². The second-order valence-corrected chi connectivity index (χ2v) is 8.08. The lowest BCUT2D eigenvalue weighted by Gasteiger charge is -2.33. The smallest absolute Gasteiger partial charge is 0.270 e. The van der Waals surface area contributed by atoms with E-state index in [1.807, 2.05) is 0 Å². The van der Waals surface area contributed by atoms with E-state index in [0.29, 0.717) is 26.2 Å².